The van der Waals surface area contributed by atoms with E-state index in [0.29, 0.717) is 21.2 Å². The number of anilines is 2. The molecule has 1 atom stereocenters. The van der Waals surface area contributed by atoms with Crippen molar-refractivity contribution in [3.8, 4) is 5.75 Å². The summed E-state index contributed by atoms with van der Waals surface area (Å²) in [4.78, 5) is 25.6. The Labute approximate surface area is 186 Å². The van der Waals surface area contributed by atoms with E-state index in [1.807, 2.05) is 24.3 Å². The van der Waals surface area contributed by atoms with Gasteiger partial charge in [0.05, 0.1) is 22.6 Å². The van der Waals surface area contributed by atoms with Crippen LogP contribution in [0.5, 0.6) is 5.75 Å². The molecular formula is C23H19F3N2O3S. The zero-order chi connectivity index (χ0) is 23.0. The first-order valence-electron chi connectivity index (χ1n) is 9.73. The molecule has 0 bridgehead atoms. The minimum absolute atomic E-state index is 0.0454. The average Bonchev–Trinajstić information content (AvgIpc) is 3.09. The number of hydrogen-bond acceptors (Lipinski definition) is 4. The Morgan fingerprint density at radius 1 is 1.19 bits per heavy atom. The molecule has 2 aromatic carbocycles. The van der Waals surface area contributed by atoms with E-state index in [0.717, 1.165) is 34.6 Å². The van der Waals surface area contributed by atoms with Gasteiger partial charge >= 0.3 is 6.18 Å². The average molecular weight is 460 g/mol. The first kappa shape index (κ1) is 21.9. The summed E-state index contributed by atoms with van der Waals surface area (Å²) >= 11 is 1.11. The van der Waals surface area contributed by atoms with Gasteiger partial charge in [0.2, 0.25) is 5.91 Å². The fraction of sp³-hybridized carbons (Fsp3) is 0.217. The van der Waals surface area contributed by atoms with Gasteiger partial charge in [-0.2, -0.15) is 13.2 Å². The molecule has 0 aliphatic carbocycles. The monoisotopic (exact) mass is 460 g/mol. The molecule has 166 valence electrons. The summed E-state index contributed by atoms with van der Waals surface area (Å²) in [6, 6.07) is 11.9. The molecule has 4 rings (SSSR count). The number of halogens is 3. The van der Waals surface area contributed by atoms with Crippen molar-refractivity contribution in [3.63, 3.8) is 0 Å². The number of ether oxygens (including phenoxy) is 1. The summed E-state index contributed by atoms with van der Waals surface area (Å²) < 4.78 is 44.2. The summed E-state index contributed by atoms with van der Waals surface area (Å²) in [7, 11) is 1.56. The van der Waals surface area contributed by atoms with Gasteiger partial charge in [-0.05, 0) is 53.9 Å². The number of amides is 2. The molecule has 0 saturated heterocycles. The molecule has 0 fully saturated rings. The van der Waals surface area contributed by atoms with Crippen LogP contribution in [0.2, 0.25) is 0 Å². The van der Waals surface area contributed by atoms with Crippen LogP contribution < -0.4 is 15.4 Å². The molecule has 1 aliphatic heterocycles. The van der Waals surface area contributed by atoms with E-state index >= 15 is 0 Å². The maximum atomic E-state index is 13.0. The molecule has 3 aromatic rings. The maximum absolute atomic E-state index is 13.0. The summed E-state index contributed by atoms with van der Waals surface area (Å²) in [5.74, 6) is -0.304. The molecule has 9 heteroatoms. The van der Waals surface area contributed by atoms with Crippen LogP contribution in [0.15, 0.2) is 48.5 Å². The molecule has 1 aliphatic rings. The van der Waals surface area contributed by atoms with Crippen molar-refractivity contribution in [2.75, 3.05) is 17.7 Å². The van der Waals surface area contributed by atoms with E-state index in [9.17, 15) is 22.8 Å². The van der Waals surface area contributed by atoms with E-state index in [1.165, 1.54) is 12.1 Å². The molecule has 0 saturated carbocycles. The molecule has 0 unspecified atom stereocenters. The van der Waals surface area contributed by atoms with Gasteiger partial charge in [-0.3, -0.25) is 9.59 Å². The Balaban J connectivity index is 1.68. The minimum atomic E-state index is -4.51. The number of methoxy groups -OCH3 is 1. The van der Waals surface area contributed by atoms with Crippen molar-refractivity contribution in [2.45, 2.75) is 25.4 Å². The third kappa shape index (κ3) is 4.20. The quantitative estimate of drug-likeness (QED) is 0.516. The van der Waals surface area contributed by atoms with Crippen LogP contribution in [0.3, 0.4) is 0 Å². The van der Waals surface area contributed by atoms with Crippen LogP contribution in [0.1, 0.15) is 44.3 Å². The lowest BCUT2D eigenvalue weighted by Gasteiger charge is -2.24. The lowest BCUT2D eigenvalue weighted by Crippen LogP contribution is -2.22. The Morgan fingerprint density at radius 2 is 1.94 bits per heavy atom. The lowest BCUT2D eigenvalue weighted by atomic mass is 9.85. The van der Waals surface area contributed by atoms with Crippen LogP contribution in [0.25, 0.3) is 0 Å². The number of hydrogen-bond donors (Lipinski definition) is 2. The Hall–Kier alpha value is -3.33. The maximum Gasteiger partial charge on any atom is 0.416 e. The number of benzene rings is 2. The normalized spacial score (nSPS) is 15.7. The zero-order valence-corrected chi connectivity index (χ0v) is 18.0. The molecule has 0 radical (unpaired) electrons. The van der Waals surface area contributed by atoms with Crippen molar-refractivity contribution in [2.24, 2.45) is 0 Å². The highest BCUT2D eigenvalue weighted by molar-refractivity contribution is 7.18. The predicted octanol–water partition coefficient (Wildman–Crippen LogP) is 5.81. The van der Waals surface area contributed by atoms with Gasteiger partial charge in [0.1, 0.15) is 5.75 Å². The fourth-order valence-corrected chi connectivity index (χ4v) is 5.01. The summed E-state index contributed by atoms with van der Waals surface area (Å²) in [5.41, 5.74) is 1.59. The number of rotatable bonds is 4. The topological polar surface area (TPSA) is 67.4 Å². The van der Waals surface area contributed by atoms with Crippen LogP contribution in [-0.2, 0) is 11.0 Å². The number of alkyl halides is 3. The largest absolute Gasteiger partial charge is 0.497 e. The molecule has 2 heterocycles. The first-order chi connectivity index (χ1) is 15.2. The molecule has 32 heavy (non-hydrogen) atoms. The standard InChI is InChI=1S/C23H19F3N2O3S/c1-12-19-17(13-5-3-8-16(9-13)31-2)11-18(29)28-22(19)32-20(12)21(30)27-15-7-4-6-14(10-15)23(24,25)26/h3-10,17H,11H2,1-2H3,(H,27,30)(H,28,29)/t17-/m0/s1. The highest BCUT2D eigenvalue weighted by Crippen LogP contribution is 2.45. The Kier molecular flexibility index (Phi) is 5.68. The van der Waals surface area contributed by atoms with E-state index in [2.05, 4.69) is 10.6 Å². The molecule has 0 spiro atoms. The van der Waals surface area contributed by atoms with Crippen LogP contribution in [-0.4, -0.2) is 18.9 Å². The fourth-order valence-electron chi connectivity index (χ4n) is 3.82. The highest BCUT2D eigenvalue weighted by Gasteiger charge is 2.33. The van der Waals surface area contributed by atoms with Gasteiger partial charge in [-0.15, -0.1) is 11.3 Å². The van der Waals surface area contributed by atoms with Crippen molar-refractivity contribution in [1.29, 1.82) is 0 Å². The molecule has 2 amide bonds. The first-order valence-corrected chi connectivity index (χ1v) is 10.5. The van der Waals surface area contributed by atoms with Crippen LogP contribution in [0.4, 0.5) is 23.9 Å². The highest BCUT2D eigenvalue weighted by atomic mass is 32.1. The summed E-state index contributed by atoms with van der Waals surface area (Å²) in [6.07, 6.45) is -4.29. The van der Waals surface area contributed by atoms with Crippen LogP contribution >= 0.6 is 11.3 Å². The van der Waals surface area contributed by atoms with Gasteiger partial charge in [-0.25, -0.2) is 0 Å². The van der Waals surface area contributed by atoms with E-state index < -0.39 is 17.6 Å². The van der Waals surface area contributed by atoms with Crippen molar-refractivity contribution < 1.29 is 27.5 Å². The van der Waals surface area contributed by atoms with Gasteiger partial charge in [0.15, 0.2) is 0 Å². The number of carbonyl (C=O) groups excluding carboxylic acids is 2. The van der Waals surface area contributed by atoms with E-state index in [-0.39, 0.29) is 23.9 Å². The number of carbonyl (C=O) groups is 2. The van der Waals surface area contributed by atoms with Gasteiger partial charge in [0.25, 0.3) is 5.91 Å². The number of fused-ring (bicyclic) bond motifs is 1. The second kappa shape index (κ2) is 8.31. The number of nitrogens with one attached hydrogen (secondary N) is 2. The molecule has 2 N–H and O–H groups in total. The predicted molar refractivity (Wildman–Crippen MR) is 117 cm³/mol. The van der Waals surface area contributed by atoms with Crippen molar-refractivity contribution in [3.05, 3.63) is 75.7 Å². The molecule has 5 nitrogen and oxygen atoms in total. The number of thiophene rings is 1. The Morgan fingerprint density at radius 3 is 2.66 bits per heavy atom. The summed E-state index contributed by atoms with van der Waals surface area (Å²) in [6.45, 7) is 1.78. The smallest absolute Gasteiger partial charge is 0.416 e. The van der Waals surface area contributed by atoms with E-state index in [1.54, 1.807) is 14.0 Å². The molecular weight excluding hydrogens is 441 g/mol. The van der Waals surface area contributed by atoms with Crippen molar-refractivity contribution >= 4 is 33.8 Å². The minimum Gasteiger partial charge on any atom is -0.497 e. The van der Waals surface area contributed by atoms with Gasteiger partial charge < -0.3 is 15.4 Å². The third-order valence-electron chi connectivity index (χ3n) is 5.33. The third-order valence-corrected chi connectivity index (χ3v) is 6.56. The second-order valence-corrected chi connectivity index (χ2v) is 8.43. The molecule has 1 aromatic heterocycles. The zero-order valence-electron chi connectivity index (χ0n) is 17.2. The van der Waals surface area contributed by atoms with Crippen molar-refractivity contribution in [1.82, 2.24) is 0 Å². The second-order valence-electron chi connectivity index (χ2n) is 7.41. The van der Waals surface area contributed by atoms with Gasteiger partial charge in [0, 0.05) is 18.0 Å². The van der Waals surface area contributed by atoms with Gasteiger partial charge in [-0.1, -0.05) is 18.2 Å². The lowest BCUT2D eigenvalue weighted by molar-refractivity contribution is -0.137. The summed E-state index contributed by atoms with van der Waals surface area (Å²) in [5, 5.41) is 5.93. The van der Waals surface area contributed by atoms with Crippen LogP contribution in [0, 0.1) is 6.92 Å². The Bertz CT molecular complexity index is 1200. The SMILES string of the molecule is COc1cccc([C@@H]2CC(=O)Nc3sc(C(=O)Nc4cccc(C(F)(F)F)c4)c(C)c32)c1. The van der Waals surface area contributed by atoms with E-state index in [4.69, 9.17) is 4.74 Å².